The van der Waals surface area contributed by atoms with Gasteiger partial charge in [-0.05, 0) is 24.6 Å². The average molecular weight is 212 g/mol. The third-order valence-corrected chi connectivity index (χ3v) is 3.09. The number of rotatable bonds is 1. The second-order valence-corrected chi connectivity index (χ2v) is 4.18. The molecule has 0 saturated heterocycles. The van der Waals surface area contributed by atoms with Crippen molar-refractivity contribution < 1.29 is 4.79 Å². The van der Waals surface area contributed by atoms with Crippen molar-refractivity contribution in [3.05, 3.63) is 35.5 Å². The summed E-state index contributed by atoms with van der Waals surface area (Å²) in [6.45, 7) is 2.07. The molecule has 0 atom stereocenters. The minimum Gasteiger partial charge on any atom is -0.353 e. The van der Waals surface area contributed by atoms with E-state index in [4.69, 9.17) is 0 Å². The number of aldehydes is 1. The maximum Gasteiger partial charge on any atom is 0.166 e. The Kier molecular flexibility index (Phi) is 1.72. The molecule has 0 aliphatic carbocycles. The summed E-state index contributed by atoms with van der Waals surface area (Å²) in [5, 5.41) is 1.16. The van der Waals surface area contributed by atoms with Gasteiger partial charge in [0.2, 0.25) is 0 Å². The summed E-state index contributed by atoms with van der Waals surface area (Å²) in [5.41, 5.74) is 5.17. The van der Waals surface area contributed by atoms with Crippen molar-refractivity contribution in [3.63, 3.8) is 0 Å². The predicted octanol–water partition coefficient (Wildman–Crippen LogP) is 2.78. The number of hydrogen-bond donors (Lipinski definition) is 1. The molecular weight excluding hydrogens is 200 g/mol. The molecule has 0 bridgehead atoms. The first-order chi connectivity index (χ1) is 7.70. The molecule has 1 N–H and O–H groups in total. The number of benzene rings is 1. The van der Waals surface area contributed by atoms with Crippen LogP contribution in [0.1, 0.15) is 16.1 Å². The van der Waals surface area contributed by atoms with E-state index in [1.807, 2.05) is 17.7 Å². The maximum absolute atomic E-state index is 10.9. The molecule has 2 aromatic heterocycles. The Bertz CT molecular complexity index is 703. The van der Waals surface area contributed by atoms with Crippen LogP contribution < -0.4 is 0 Å². The van der Waals surface area contributed by atoms with Gasteiger partial charge in [-0.3, -0.25) is 4.79 Å². The fourth-order valence-corrected chi connectivity index (χ4v) is 2.27. The number of nitrogens with one attached hydrogen (secondary N) is 1. The molecule has 0 spiro atoms. The molecule has 0 radical (unpaired) electrons. The Hall–Kier alpha value is -2.03. The van der Waals surface area contributed by atoms with E-state index in [2.05, 4.69) is 30.1 Å². The Morgan fingerprint density at radius 1 is 1.25 bits per heavy atom. The number of aryl methyl sites for hydroxylation is 2. The highest BCUT2D eigenvalue weighted by Gasteiger charge is 2.10. The lowest BCUT2D eigenvalue weighted by Gasteiger charge is -1.98. The van der Waals surface area contributed by atoms with Gasteiger partial charge in [-0.2, -0.15) is 0 Å². The third-order valence-electron chi connectivity index (χ3n) is 3.09. The third kappa shape index (κ3) is 1.05. The van der Waals surface area contributed by atoms with Gasteiger partial charge in [-0.25, -0.2) is 0 Å². The fourth-order valence-electron chi connectivity index (χ4n) is 2.27. The first-order valence-corrected chi connectivity index (χ1v) is 5.23. The van der Waals surface area contributed by atoms with Crippen LogP contribution in [0.15, 0.2) is 24.3 Å². The Morgan fingerprint density at radius 2 is 2.06 bits per heavy atom. The quantitative estimate of drug-likeness (QED) is 0.619. The zero-order chi connectivity index (χ0) is 11.3. The van der Waals surface area contributed by atoms with Gasteiger partial charge in [0, 0.05) is 18.0 Å². The minimum atomic E-state index is 0.698. The maximum atomic E-state index is 10.9. The SMILES string of the molecule is Cc1ccc2c(c1)[nH]c1cc(C=O)n(C)c12. The van der Waals surface area contributed by atoms with Gasteiger partial charge in [0.15, 0.2) is 6.29 Å². The van der Waals surface area contributed by atoms with Crippen LogP contribution in [0.4, 0.5) is 0 Å². The molecule has 0 aliphatic heterocycles. The zero-order valence-electron chi connectivity index (χ0n) is 9.24. The molecule has 3 heteroatoms. The smallest absolute Gasteiger partial charge is 0.166 e. The summed E-state index contributed by atoms with van der Waals surface area (Å²) < 4.78 is 1.93. The summed E-state index contributed by atoms with van der Waals surface area (Å²) in [4.78, 5) is 14.2. The minimum absolute atomic E-state index is 0.698. The van der Waals surface area contributed by atoms with E-state index < -0.39 is 0 Å². The summed E-state index contributed by atoms with van der Waals surface area (Å²) in [5.74, 6) is 0. The number of H-pyrrole nitrogens is 1. The van der Waals surface area contributed by atoms with Crippen molar-refractivity contribution in [3.8, 4) is 0 Å². The highest BCUT2D eigenvalue weighted by Crippen LogP contribution is 2.27. The van der Waals surface area contributed by atoms with Crippen molar-refractivity contribution in [1.82, 2.24) is 9.55 Å². The van der Waals surface area contributed by atoms with E-state index in [0.717, 1.165) is 28.2 Å². The monoisotopic (exact) mass is 212 g/mol. The molecule has 3 nitrogen and oxygen atoms in total. The molecule has 1 aromatic carbocycles. The first-order valence-electron chi connectivity index (χ1n) is 5.23. The molecule has 0 fully saturated rings. The van der Waals surface area contributed by atoms with Crippen LogP contribution in [-0.2, 0) is 7.05 Å². The van der Waals surface area contributed by atoms with Crippen molar-refractivity contribution in [2.45, 2.75) is 6.92 Å². The highest BCUT2D eigenvalue weighted by atomic mass is 16.1. The average Bonchev–Trinajstić information content (AvgIpc) is 2.75. The number of carbonyl (C=O) groups is 1. The van der Waals surface area contributed by atoms with E-state index in [1.54, 1.807) is 0 Å². The van der Waals surface area contributed by atoms with Crippen molar-refractivity contribution in [2.75, 3.05) is 0 Å². The van der Waals surface area contributed by atoms with Gasteiger partial charge in [0.05, 0.1) is 16.7 Å². The van der Waals surface area contributed by atoms with Gasteiger partial charge >= 0.3 is 0 Å². The summed E-state index contributed by atoms with van der Waals surface area (Å²) in [7, 11) is 1.92. The van der Waals surface area contributed by atoms with E-state index >= 15 is 0 Å². The topological polar surface area (TPSA) is 37.8 Å². The van der Waals surface area contributed by atoms with E-state index in [1.165, 1.54) is 5.56 Å². The number of carbonyl (C=O) groups excluding carboxylic acids is 1. The van der Waals surface area contributed by atoms with Crippen molar-refractivity contribution in [1.29, 1.82) is 0 Å². The molecule has 3 rings (SSSR count). The lowest BCUT2D eigenvalue weighted by molar-refractivity contribution is 0.111. The first kappa shape index (κ1) is 9.21. The summed E-state index contributed by atoms with van der Waals surface area (Å²) in [6.07, 6.45) is 0.883. The van der Waals surface area contributed by atoms with Crippen LogP contribution in [0, 0.1) is 6.92 Å². The van der Waals surface area contributed by atoms with E-state index in [0.29, 0.717) is 5.69 Å². The molecule has 0 saturated carbocycles. The Labute approximate surface area is 92.7 Å². The number of fused-ring (bicyclic) bond motifs is 3. The number of hydrogen-bond acceptors (Lipinski definition) is 1. The highest BCUT2D eigenvalue weighted by molar-refractivity contribution is 6.07. The van der Waals surface area contributed by atoms with Gasteiger partial charge in [-0.15, -0.1) is 0 Å². The van der Waals surface area contributed by atoms with E-state index in [-0.39, 0.29) is 0 Å². The van der Waals surface area contributed by atoms with Crippen LogP contribution >= 0.6 is 0 Å². The van der Waals surface area contributed by atoms with Crippen LogP contribution in [0.25, 0.3) is 21.9 Å². The van der Waals surface area contributed by atoms with Crippen molar-refractivity contribution >= 4 is 28.2 Å². The second-order valence-electron chi connectivity index (χ2n) is 4.18. The zero-order valence-corrected chi connectivity index (χ0v) is 9.24. The van der Waals surface area contributed by atoms with Crippen molar-refractivity contribution in [2.24, 2.45) is 7.05 Å². The van der Waals surface area contributed by atoms with Crippen LogP contribution in [-0.4, -0.2) is 15.8 Å². The summed E-state index contributed by atoms with van der Waals surface area (Å²) in [6, 6.07) is 8.19. The largest absolute Gasteiger partial charge is 0.353 e. The molecule has 0 aliphatic rings. The van der Waals surface area contributed by atoms with Gasteiger partial charge in [0.25, 0.3) is 0 Å². The molecule has 2 heterocycles. The lowest BCUT2D eigenvalue weighted by atomic mass is 10.2. The molecule has 0 unspecified atom stereocenters. The standard InChI is InChI=1S/C13H12N2O/c1-8-3-4-10-11(5-8)14-12-6-9(7-16)15(2)13(10)12/h3-7,14H,1-2H3. The van der Waals surface area contributed by atoms with E-state index in [9.17, 15) is 4.79 Å². The number of aromatic amines is 1. The van der Waals surface area contributed by atoms with Gasteiger partial charge < -0.3 is 9.55 Å². The molecular formula is C13H12N2O. The fraction of sp³-hybridized carbons (Fsp3) is 0.154. The molecule has 3 aromatic rings. The van der Waals surface area contributed by atoms with Gasteiger partial charge in [0.1, 0.15) is 0 Å². The Morgan fingerprint density at radius 3 is 2.81 bits per heavy atom. The molecule has 80 valence electrons. The summed E-state index contributed by atoms with van der Waals surface area (Å²) >= 11 is 0. The lowest BCUT2D eigenvalue weighted by Crippen LogP contribution is -1.93. The normalized spacial score (nSPS) is 11.4. The second kappa shape index (κ2) is 2.98. The molecule has 16 heavy (non-hydrogen) atoms. The predicted molar refractivity (Wildman–Crippen MR) is 64.9 cm³/mol. The molecule has 0 amide bonds. The van der Waals surface area contributed by atoms with Gasteiger partial charge in [-0.1, -0.05) is 12.1 Å². The number of aromatic nitrogens is 2. The van der Waals surface area contributed by atoms with Crippen LogP contribution in [0.3, 0.4) is 0 Å². The number of nitrogens with zero attached hydrogens (tertiary/aromatic N) is 1. The Balaban J connectivity index is 2.51. The van der Waals surface area contributed by atoms with Crippen LogP contribution in [0.2, 0.25) is 0 Å². The van der Waals surface area contributed by atoms with Crippen LogP contribution in [0.5, 0.6) is 0 Å².